The van der Waals surface area contributed by atoms with Crippen molar-refractivity contribution in [1.82, 2.24) is 0 Å². The minimum absolute atomic E-state index is 0.105. The number of hydrogen-bond acceptors (Lipinski definition) is 3. The fourth-order valence-electron chi connectivity index (χ4n) is 0.806. The highest BCUT2D eigenvalue weighted by molar-refractivity contribution is 4.82. The molecule has 0 aromatic rings. The zero-order valence-electron chi connectivity index (χ0n) is 4.83. The highest BCUT2D eigenvalue weighted by Gasteiger charge is 2.35. The number of rotatable bonds is 1. The lowest BCUT2D eigenvalue weighted by atomic mass is 10.2. The summed E-state index contributed by atoms with van der Waals surface area (Å²) < 4.78 is 16.9. The summed E-state index contributed by atoms with van der Waals surface area (Å²) in [6.45, 7) is -0.423. The Morgan fingerprint density at radius 1 is 1.67 bits per heavy atom. The molecule has 0 aromatic heterocycles. The third-order valence-corrected chi connectivity index (χ3v) is 1.40. The summed E-state index contributed by atoms with van der Waals surface area (Å²) in [5.74, 6) is 0. The van der Waals surface area contributed by atoms with Crippen molar-refractivity contribution < 1.29 is 19.3 Å². The van der Waals surface area contributed by atoms with Crippen LogP contribution < -0.4 is 0 Å². The van der Waals surface area contributed by atoms with Gasteiger partial charge in [-0.3, -0.25) is 0 Å². The number of aliphatic hydroxyl groups is 2. The van der Waals surface area contributed by atoms with Gasteiger partial charge in [-0.2, -0.15) is 0 Å². The Morgan fingerprint density at radius 2 is 2.33 bits per heavy atom. The van der Waals surface area contributed by atoms with Gasteiger partial charge in [0.05, 0.1) is 13.2 Å². The molecule has 1 fully saturated rings. The van der Waals surface area contributed by atoms with E-state index in [0.717, 1.165) is 0 Å². The Hall–Kier alpha value is -0.190. The smallest absolute Gasteiger partial charge is 0.152 e. The van der Waals surface area contributed by atoms with E-state index in [1.807, 2.05) is 0 Å². The fourth-order valence-corrected chi connectivity index (χ4v) is 0.806. The summed E-state index contributed by atoms with van der Waals surface area (Å²) >= 11 is 0. The third-order valence-electron chi connectivity index (χ3n) is 1.40. The Balaban J connectivity index is 2.41. The molecule has 1 heterocycles. The molecule has 54 valence electrons. The minimum atomic E-state index is -1.33. The van der Waals surface area contributed by atoms with Crippen LogP contribution in [-0.2, 0) is 4.74 Å². The van der Waals surface area contributed by atoms with Gasteiger partial charge in [-0.05, 0) is 0 Å². The first-order chi connectivity index (χ1) is 4.25. The van der Waals surface area contributed by atoms with Crippen molar-refractivity contribution in [3.8, 4) is 0 Å². The highest BCUT2D eigenvalue weighted by atomic mass is 19.1. The molecule has 0 radical (unpaired) electrons. The Bertz CT molecular complexity index is 98.2. The van der Waals surface area contributed by atoms with Crippen molar-refractivity contribution in [1.29, 1.82) is 0 Å². The van der Waals surface area contributed by atoms with Crippen molar-refractivity contribution in [2.75, 3.05) is 13.2 Å². The summed E-state index contributed by atoms with van der Waals surface area (Å²) in [6.07, 6.45) is -3.20. The molecule has 1 rings (SSSR count). The zero-order valence-corrected chi connectivity index (χ0v) is 4.83. The number of aliphatic hydroxyl groups excluding tert-OH is 2. The van der Waals surface area contributed by atoms with Crippen LogP contribution in [0.25, 0.3) is 0 Å². The summed E-state index contributed by atoms with van der Waals surface area (Å²) in [7, 11) is 0. The summed E-state index contributed by atoms with van der Waals surface area (Å²) in [4.78, 5) is 0. The molecule has 0 aliphatic carbocycles. The van der Waals surface area contributed by atoms with Crippen molar-refractivity contribution in [2.45, 2.75) is 18.4 Å². The summed E-state index contributed by atoms with van der Waals surface area (Å²) in [5, 5.41) is 17.2. The highest BCUT2D eigenvalue weighted by Crippen LogP contribution is 2.15. The van der Waals surface area contributed by atoms with E-state index in [1.54, 1.807) is 0 Å². The molecular formula is C5H9FO3. The zero-order chi connectivity index (χ0) is 6.85. The van der Waals surface area contributed by atoms with Gasteiger partial charge in [-0.25, -0.2) is 4.39 Å². The van der Waals surface area contributed by atoms with E-state index in [4.69, 9.17) is 10.2 Å². The molecule has 2 N–H and O–H groups in total. The van der Waals surface area contributed by atoms with Crippen LogP contribution >= 0.6 is 0 Å². The van der Waals surface area contributed by atoms with E-state index >= 15 is 0 Å². The molecule has 4 heteroatoms. The largest absolute Gasteiger partial charge is 0.394 e. The van der Waals surface area contributed by atoms with Gasteiger partial charge in [0.25, 0.3) is 0 Å². The first-order valence-corrected chi connectivity index (χ1v) is 2.80. The molecule has 0 bridgehead atoms. The molecule has 1 aliphatic rings. The minimum Gasteiger partial charge on any atom is -0.394 e. The van der Waals surface area contributed by atoms with Gasteiger partial charge in [-0.15, -0.1) is 0 Å². The molecule has 1 aliphatic heterocycles. The molecule has 0 saturated carbocycles. The predicted octanol–water partition coefficient (Wildman–Crippen LogP) is -0.923. The lowest BCUT2D eigenvalue weighted by Gasteiger charge is -2.09. The van der Waals surface area contributed by atoms with Gasteiger partial charge in [0.2, 0.25) is 0 Å². The van der Waals surface area contributed by atoms with Gasteiger partial charge in [0, 0.05) is 0 Å². The van der Waals surface area contributed by atoms with Gasteiger partial charge < -0.3 is 14.9 Å². The summed E-state index contributed by atoms with van der Waals surface area (Å²) in [6, 6.07) is 0. The third kappa shape index (κ3) is 1.20. The molecule has 9 heavy (non-hydrogen) atoms. The first kappa shape index (κ1) is 6.92. The van der Waals surface area contributed by atoms with Crippen LogP contribution in [0, 0.1) is 0 Å². The maximum atomic E-state index is 12.3. The number of alkyl halides is 1. The second-order valence-electron chi connectivity index (χ2n) is 2.06. The van der Waals surface area contributed by atoms with Crippen molar-refractivity contribution in [2.24, 2.45) is 0 Å². The monoisotopic (exact) mass is 136 g/mol. The number of halogens is 1. The molecule has 0 spiro atoms. The number of hydrogen-bond donors (Lipinski definition) is 2. The second kappa shape index (κ2) is 2.60. The molecule has 3 atom stereocenters. The Morgan fingerprint density at radius 3 is 2.56 bits per heavy atom. The standard InChI is InChI=1S/C5H9FO3/c6-3-2-9-4(1-7)5(3)8/h3-5,7-8H,1-2H2/t3-,4-,5?/m1/s1. The van der Waals surface area contributed by atoms with Gasteiger partial charge in [-0.1, -0.05) is 0 Å². The molecule has 0 aromatic carbocycles. The Labute approximate surface area is 52.1 Å². The predicted molar refractivity (Wildman–Crippen MR) is 27.7 cm³/mol. The van der Waals surface area contributed by atoms with Crippen LogP contribution in [0.15, 0.2) is 0 Å². The average molecular weight is 136 g/mol. The molecule has 0 amide bonds. The topological polar surface area (TPSA) is 49.7 Å². The summed E-state index contributed by atoms with van der Waals surface area (Å²) in [5.41, 5.74) is 0. The fraction of sp³-hybridized carbons (Fsp3) is 1.00. The van der Waals surface area contributed by atoms with E-state index < -0.39 is 18.4 Å². The van der Waals surface area contributed by atoms with Crippen molar-refractivity contribution in [3.63, 3.8) is 0 Å². The lowest BCUT2D eigenvalue weighted by Crippen LogP contribution is -2.29. The maximum absolute atomic E-state index is 12.3. The lowest BCUT2D eigenvalue weighted by molar-refractivity contribution is 0.000304. The van der Waals surface area contributed by atoms with Crippen LogP contribution in [0.3, 0.4) is 0 Å². The van der Waals surface area contributed by atoms with E-state index in [1.165, 1.54) is 0 Å². The van der Waals surface area contributed by atoms with Crippen LogP contribution in [0.5, 0.6) is 0 Å². The normalized spacial score (nSPS) is 43.7. The average Bonchev–Trinajstić information content (AvgIpc) is 2.15. The van der Waals surface area contributed by atoms with Crippen molar-refractivity contribution >= 4 is 0 Å². The van der Waals surface area contributed by atoms with Gasteiger partial charge in [0.15, 0.2) is 6.17 Å². The molecule has 1 saturated heterocycles. The van der Waals surface area contributed by atoms with Gasteiger partial charge in [0.1, 0.15) is 12.2 Å². The van der Waals surface area contributed by atoms with Crippen LogP contribution in [0.2, 0.25) is 0 Å². The van der Waals surface area contributed by atoms with E-state index in [-0.39, 0.29) is 13.2 Å². The first-order valence-electron chi connectivity index (χ1n) is 2.80. The molecular weight excluding hydrogens is 127 g/mol. The van der Waals surface area contributed by atoms with E-state index in [2.05, 4.69) is 4.74 Å². The molecule has 3 nitrogen and oxygen atoms in total. The van der Waals surface area contributed by atoms with E-state index in [0.29, 0.717) is 0 Å². The van der Waals surface area contributed by atoms with Crippen LogP contribution in [0.4, 0.5) is 4.39 Å². The second-order valence-corrected chi connectivity index (χ2v) is 2.06. The molecule has 1 unspecified atom stereocenters. The maximum Gasteiger partial charge on any atom is 0.152 e. The number of ether oxygens (including phenoxy) is 1. The van der Waals surface area contributed by atoms with Crippen LogP contribution in [-0.4, -0.2) is 41.8 Å². The SMILES string of the molecule is OC[C@H]1OC[C@@H](F)C1O. The van der Waals surface area contributed by atoms with Gasteiger partial charge >= 0.3 is 0 Å². The Kier molecular flexibility index (Phi) is 2.00. The van der Waals surface area contributed by atoms with E-state index in [9.17, 15) is 4.39 Å². The quantitative estimate of drug-likeness (QED) is 0.490. The van der Waals surface area contributed by atoms with Crippen LogP contribution in [0.1, 0.15) is 0 Å². The van der Waals surface area contributed by atoms with Crippen molar-refractivity contribution in [3.05, 3.63) is 0 Å².